The predicted octanol–water partition coefficient (Wildman–Crippen LogP) is 0.932. The zero-order valence-electron chi connectivity index (χ0n) is 10.8. The van der Waals surface area contributed by atoms with Crippen molar-refractivity contribution in [3.8, 4) is 5.75 Å². The van der Waals surface area contributed by atoms with E-state index in [0.717, 1.165) is 5.75 Å². The lowest BCUT2D eigenvalue weighted by atomic mass is 10.3. The summed E-state index contributed by atoms with van der Waals surface area (Å²) in [7, 11) is 1.62. The molecule has 6 nitrogen and oxygen atoms in total. The van der Waals surface area contributed by atoms with E-state index < -0.39 is 0 Å². The fourth-order valence-corrected chi connectivity index (χ4v) is 1.87. The van der Waals surface area contributed by atoms with Crippen LogP contribution in [0.5, 0.6) is 5.75 Å². The summed E-state index contributed by atoms with van der Waals surface area (Å²) < 4.78 is 5.50. The fourth-order valence-electron chi connectivity index (χ4n) is 1.87. The Bertz CT molecular complexity index is 473. The number of nitrogens with two attached hydrogens (primary N) is 1. The van der Waals surface area contributed by atoms with Gasteiger partial charge in [-0.2, -0.15) is 0 Å². The van der Waals surface area contributed by atoms with Gasteiger partial charge in [-0.1, -0.05) is 0 Å². The second-order valence-electron chi connectivity index (χ2n) is 4.46. The first-order chi connectivity index (χ1) is 9.08. The van der Waals surface area contributed by atoms with E-state index in [2.05, 4.69) is 0 Å². The SMILES string of the molecule is CN1CC(=O)N(CCCOc2ccc(N)cc2)C1=O. The van der Waals surface area contributed by atoms with Crippen LogP contribution in [0, 0.1) is 0 Å². The molecule has 1 aliphatic heterocycles. The number of hydrogen-bond donors (Lipinski definition) is 1. The monoisotopic (exact) mass is 263 g/mol. The number of urea groups is 1. The summed E-state index contributed by atoms with van der Waals surface area (Å²) in [6.45, 7) is 0.999. The van der Waals surface area contributed by atoms with Crippen LogP contribution in [0.25, 0.3) is 0 Å². The highest BCUT2D eigenvalue weighted by molar-refractivity contribution is 6.01. The number of amides is 3. The van der Waals surface area contributed by atoms with Gasteiger partial charge >= 0.3 is 6.03 Å². The zero-order valence-corrected chi connectivity index (χ0v) is 10.8. The first kappa shape index (κ1) is 13.2. The highest BCUT2D eigenvalue weighted by Crippen LogP contribution is 2.14. The van der Waals surface area contributed by atoms with E-state index in [1.54, 1.807) is 31.3 Å². The molecule has 1 aliphatic rings. The van der Waals surface area contributed by atoms with Crippen molar-refractivity contribution in [1.29, 1.82) is 0 Å². The van der Waals surface area contributed by atoms with Crippen LogP contribution in [0.4, 0.5) is 10.5 Å². The van der Waals surface area contributed by atoms with Crippen LogP contribution in [-0.2, 0) is 4.79 Å². The minimum Gasteiger partial charge on any atom is -0.494 e. The van der Waals surface area contributed by atoms with Crippen molar-refractivity contribution in [1.82, 2.24) is 9.80 Å². The van der Waals surface area contributed by atoms with Gasteiger partial charge in [0.15, 0.2) is 0 Å². The molecule has 1 aromatic rings. The molecule has 2 rings (SSSR count). The van der Waals surface area contributed by atoms with Gasteiger partial charge in [-0.15, -0.1) is 0 Å². The summed E-state index contributed by atoms with van der Waals surface area (Å²) in [6, 6.07) is 6.86. The van der Waals surface area contributed by atoms with E-state index in [0.29, 0.717) is 25.3 Å². The molecule has 1 heterocycles. The van der Waals surface area contributed by atoms with Crippen LogP contribution in [0.3, 0.4) is 0 Å². The first-order valence-corrected chi connectivity index (χ1v) is 6.12. The Hall–Kier alpha value is -2.24. The Morgan fingerprint density at radius 3 is 2.53 bits per heavy atom. The minimum absolute atomic E-state index is 0.153. The Morgan fingerprint density at radius 2 is 1.95 bits per heavy atom. The molecule has 19 heavy (non-hydrogen) atoms. The second kappa shape index (κ2) is 5.60. The fraction of sp³-hybridized carbons (Fsp3) is 0.385. The van der Waals surface area contributed by atoms with Crippen molar-refractivity contribution < 1.29 is 14.3 Å². The van der Waals surface area contributed by atoms with E-state index >= 15 is 0 Å². The molecule has 3 amide bonds. The van der Waals surface area contributed by atoms with E-state index in [9.17, 15) is 9.59 Å². The van der Waals surface area contributed by atoms with Crippen LogP contribution in [0.2, 0.25) is 0 Å². The lowest BCUT2D eigenvalue weighted by Gasteiger charge is -2.14. The summed E-state index contributed by atoms with van der Waals surface area (Å²) in [4.78, 5) is 25.8. The number of imide groups is 1. The summed E-state index contributed by atoms with van der Waals surface area (Å²) in [5, 5.41) is 0. The molecular formula is C13H17N3O3. The number of likely N-dealkylation sites (N-methyl/N-ethyl adjacent to an activating group) is 1. The number of hydrogen-bond acceptors (Lipinski definition) is 4. The van der Waals surface area contributed by atoms with Crippen LogP contribution in [-0.4, -0.2) is 48.5 Å². The molecule has 0 unspecified atom stereocenters. The third kappa shape index (κ3) is 3.15. The van der Waals surface area contributed by atoms with Crippen molar-refractivity contribution >= 4 is 17.6 Å². The van der Waals surface area contributed by atoms with Gasteiger partial charge < -0.3 is 15.4 Å². The van der Waals surface area contributed by atoms with Crippen LogP contribution in [0.15, 0.2) is 24.3 Å². The highest BCUT2D eigenvalue weighted by atomic mass is 16.5. The van der Waals surface area contributed by atoms with Crippen LogP contribution < -0.4 is 10.5 Å². The summed E-state index contributed by atoms with van der Waals surface area (Å²) in [5.41, 5.74) is 6.25. The largest absolute Gasteiger partial charge is 0.494 e. The number of rotatable bonds is 5. The lowest BCUT2D eigenvalue weighted by Crippen LogP contribution is -2.33. The molecule has 0 aromatic heterocycles. The van der Waals surface area contributed by atoms with Gasteiger partial charge in [0.1, 0.15) is 12.3 Å². The quantitative estimate of drug-likeness (QED) is 0.487. The van der Waals surface area contributed by atoms with Gasteiger partial charge in [-0.3, -0.25) is 9.69 Å². The van der Waals surface area contributed by atoms with E-state index in [1.807, 2.05) is 0 Å². The average molecular weight is 263 g/mol. The van der Waals surface area contributed by atoms with Gasteiger partial charge in [-0.25, -0.2) is 4.79 Å². The zero-order chi connectivity index (χ0) is 13.8. The number of anilines is 1. The molecular weight excluding hydrogens is 246 g/mol. The van der Waals surface area contributed by atoms with Crippen molar-refractivity contribution in [2.45, 2.75) is 6.42 Å². The van der Waals surface area contributed by atoms with Gasteiger partial charge in [0.25, 0.3) is 0 Å². The molecule has 102 valence electrons. The number of carbonyl (C=O) groups is 2. The number of carbonyl (C=O) groups excluding carboxylic acids is 2. The van der Waals surface area contributed by atoms with Crippen molar-refractivity contribution in [3.05, 3.63) is 24.3 Å². The van der Waals surface area contributed by atoms with E-state index in [-0.39, 0.29) is 18.5 Å². The number of ether oxygens (including phenoxy) is 1. The molecule has 0 bridgehead atoms. The van der Waals surface area contributed by atoms with Gasteiger partial charge in [0.2, 0.25) is 5.91 Å². The standard InChI is InChI=1S/C13H17N3O3/c1-15-9-12(17)16(13(15)18)7-2-8-19-11-5-3-10(14)4-6-11/h3-6H,2,7-9,14H2,1H3. The molecule has 6 heteroatoms. The highest BCUT2D eigenvalue weighted by Gasteiger charge is 2.32. The second-order valence-corrected chi connectivity index (χ2v) is 4.46. The number of nitrogens with zero attached hydrogens (tertiary/aromatic N) is 2. The maximum absolute atomic E-state index is 11.6. The Labute approximate surface area is 111 Å². The van der Waals surface area contributed by atoms with Gasteiger partial charge in [0, 0.05) is 19.3 Å². The summed E-state index contributed by atoms with van der Waals surface area (Å²) >= 11 is 0. The van der Waals surface area contributed by atoms with E-state index in [1.165, 1.54) is 9.80 Å². The Balaban J connectivity index is 1.74. The predicted molar refractivity (Wildman–Crippen MR) is 70.7 cm³/mol. The van der Waals surface area contributed by atoms with Crippen molar-refractivity contribution in [2.24, 2.45) is 0 Å². The molecule has 0 aliphatic carbocycles. The topological polar surface area (TPSA) is 75.9 Å². The smallest absolute Gasteiger partial charge is 0.326 e. The molecule has 2 N–H and O–H groups in total. The number of benzene rings is 1. The maximum atomic E-state index is 11.6. The number of nitrogen functional groups attached to an aromatic ring is 1. The molecule has 0 spiro atoms. The van der Waals surface area contributed by atoms with Crippen LogP contribution >= 0.6 is 0 Å². The lowest BCUT2D eigenvalue weighted by molar-refractivity contribution is -0.125. The molecule has 1 fully saturated rings. The summed E-state index contributed by atoms with van der Waals surface area (Å²) in [5.74, 6) is 0.574. The van der Waals surface area contributed by atoms with Gasteiger partial charge in [-0.05, 0) is 30.7 Å². The molecule has 0 atom stereocenters. The maximum Gasteiger partial charge on any atom is 0.326 e. The Morgan fingerprint density at radius 1 is 1.26 bits per heavy atom. The van der Waals surface area contributed by atoms with Crippen LogP contribution in [0.1, 0.15) is 6.42 Å². The average Bonchev–Trinajstić information content (AvgIpc) is 2.62. The Kier molecular flexibility index (Phi) is 3.89. The molecule has 1 saturated heterocycles. The molecule has 0 saturated carbocycles. The third-order valence-corrected chi connectivity index (χ3v) is 2.91. The molecule has 1 aromatic carbocycles. The first-order valence-electron chi connectivity index (χ1n) is 6.12. The van der Waals surface area contributed by atoms with Crippen molar-refractivity contribution in [2.75, 3.05) is 32.5 Å². The van der Waals surface area contributed by atoms with E-state index in [4.69, 9.17) is 10.5 Å². The van der Waals surface area contributed by atoms with Gasteiger partial charge in [0.05, 0.1) is 6.61 Å². The normalized spacial score (nSPS) is 15.2. The summed E-state index contributed by atoms with van der Waals surface area (Å²) in [6.07, 6.45) is 0.607. The van der Waals surface area contributed by atoms with Crippen molar-refractivity contribution in [3.63, 3.8) is 0 Å². The minimum atomic E-state index is -0.238. The molecule has 0 radical (unpaired) electrons. The third-order valence-electron chi connectivity index (χ3n) is 2.91.